The van der Waals surface area contributed by atoms with E-state index in [4.69, 9.17) is 19.9 Å². The number of carbonyl (C=O) groups is 2. The van der Waals surface area contributed by atoms with Crippen molar-refractivity contribution in [2.45, 2.75) is 5.12 Å². The van der Waals surface area contributed by atoms with Gasteiger partial charge in [0, 0.05) is 0 Å². The van der Waals surface area contributed by atoms with E-state index in [0.29, 0.717) is 0 Å². The summed E-state index contributed by atoms with van der Waals surface area (Å²) in [4.78, 5) is 22.2. The number of rotatable bonds is 5. The van der Waals surface area contributed by atoms with Gasteiger partial charge in [0.1, 0.15) is 0 Å². The SMILES string of the molecule is O=C(O)c1cccc(C(=O)OCC(O)(O)S(=O)(=O)O)c1. The van der Waals surface area contributed by atoms with Crippen molar-refractivity contribution in [1.82, 2.24) is 0 Å². The second-order valence-electron chi connectivity index (χ2n) is 3.68. The lowest BCUT2D eigenvalue weighted by Gasteiger charge is -2.17. The van der Waals surface area contributed by atoms with Gasteiger partial charge < -0.3 is 20.1 Å². The molecule has 110 valence electrons. The molecule has 1 rings (SSSR count). The van der Waals surface area contributed by atoms with E-state index in [2.05, 4.69) is 4.74 Å². The van der Waals surface area contributed by atoms with Crippen LogP contribution in [0, 0.1) is 0 Å². The molecule has 1 aromatic rings. The maximum atomic E-state index is 11.5. The first kappa shape index (κ1) is 16.0. The lowest BCUT2D eigenvalue weighted by Crippen LogP contribution is -2.43. The molecule has 0 aliphatic carbocycles. The number of aromatic carboxylic acids is 1. The van der Waals surface area contributed by atoms with Crippen molar-refractivity contribution in [2.75, 3.05) is 6.61 Å². The topological polar surface area (TPSA) is 158 Å². The molecule has 0 amide bonds. The molecule has 10 heteroatoms. The number of benzene rings is 1. The molecule has 0 radical (unpaired) electrons. The number of ether oxygens (including phenoxy) is 1. The van der Waals surface area contributed by atoms with Gasteiger partial charge >= 0.3 is 27.2 Å². The molecule has 4 N–H and O–H groups in total. The van der Waals surface area contributed by atoms with Crippen molar-refractivity contribution in [3.63, 3.8) is 0 Å². The van der Waals surface area contributed by atoms with E-state index in [1.54, 1.807) is 0 Å². The summed E-state index contributed by atoms with van der Waals surface area (Å²) in [6.07, 6.45) is 0. The van der Waals surface area contributed by atoms with Gasteiger partial charge in [-0.25, -0.2) is 9.59 Å². The average Bonchev–Trinajstić information content (AvgIpc) is 2.34. The Kier molecular flexibility index (Phi) is 4.45. The van der Waals surface area contributed by atoms with Gasteiger partial charge in [0.25, 0.3) is 0 Å². The summed E-state index contributed by atoms with van der Waals surface area (Å²) >= 11 is 0. The summed E-state index contributed by atoms with van der Waals surface area (Å²) in [5.41, 5.74) is -0.454. The van der Waals surface area contributed by atoms with Crippen LogP contribution in [0.15, 0.2) is 24.3 Å². The van der Waals surface area contributed by atoms with Crippen LogP contribution >= 0.6 is 0 Å². The van der Waals surface area contributed by atoms with Gasteiger partial charge in [0.15, 0.2) is 6.61 Å². The van der Waals surface area contributed by atoms with E-state index in [1.807, 2.05) is 0 Å². The zero-order chi connectivity index (χ0) is 15.6. The Morgan fingerprint density at radius 1 is 1.20 bits per heavy atom. The largest absolute Gasteiger partial charge is 0.478 e. The van der Waals surface area contributed by atoms with Crippen LogP contribution < -0.4 is 0 Å². The van der Waals surface area contributed by atoms with Crippen LogP contribution in [0.2, 0.25) is 0 Å². The van der Waals surface area contributed by atoms with Gasteiger partial charge in [-0.15, -0.1) is 0 Å². The van der Waals surface area contributed by atoms with Crippen molar-refractivity contribution in [3.05, 3.63) is 35.4 Å². The number of carbonyl (C=O) groups excluding carboxylic acids is 1. The molecule has 0 aliphatic rings. The number of carboxylic acids is 1. The Hall–Kier alpha value is -2.01. The van der Waals surface area contributed by atoms with Crippen molar-refractivity contribution in [3.8, 4) is 0 Å². The average molecular weight is 306 g/mol. The third-order valence-electron chi connectivity index (χ3n) is 2.15. The van der Waals surface area contributed by atoms with E-state index >= 15 is 0 Å². The second kappa shape index (κ2) is 5.54. The fraction of sp³-hybridized carbons (Fsp3) is 0.200. The summed E-state index contributed by atoms with van der Waals surface area (Å²) in [5, 5.41) is 22.9. The third-order valence-corrected chi connectivity index (χ3v) is 3.09. The van der Waals surface area contributed by atoms with Crippen LogP contribution in [-0.4, -0.2) is 52.0 Å². The number of hydrogen-bond donors (Lipinski definition) is 4. The highest BCUT2D eigenvalue weighted by molar-refractivity contribution is 7.86. The number of esters is 1. The molecule has 0 spiro atoms. The Morgan fingerprint density at radius 2 is 1.75 bits per heavy atom. The molecular formula is C10H10O9S. The van der Waals surface area contributed by atoms with Crippen LogP contribution in [0.25, 0.3) is 0 Å². The van der Waals surface area contributed by atoms with E-state index in [9.17, 15) is 18.0 Å². The first-order valence-electron chi connectivity index (χ1n) is 4.97. The molecule has 20 heavy (non-hydrogen) atoms. The van der Waals surface area contributed by atoms with Crippen molar-refractivity contribution < 1.29 is 42.6 Å². The Morgan fingerprint density at radius 3 is 2.25 bits per heavy atom. The first-order valence-corrected chi connectivity index (χ1v) is 6.41. The molecule has 9 nitrogen and oxygen atoms in total. The second-order valence-corrected chi connectivity index (χ2v) is 5.28. The third kappa shape index (κ3) is 3.74. The van der Waals surface area contributed by atoms with Crippen LogP contribution in [0.4, 0.5) is 0 Å². The Labute approximate surface area is 112 Å². The number of carboxylic acid groups (broad SMARTS) is 1. The summed E-state index contributed by atoms with van der Waals surface area (Å²) < 4.78 is 33.8. The van der Waals surface area contributed by atoms with Crippen LogP contribution in [-0.2, 0) is 14.9 Å². The quantitative estimate of drug-likeness (QED) is 0.306. The van der Waals surface area contributed by atoms with Gasteiger partial charge in [-0.2, -0.15) is 8.42 Å². The molecule has 0 saturated heterocycles. The number of aliphatic hydroxyl groups is 2. The fourth-order valence-electron chi connectivity index (χ4n) is 1.10. The smallest absolute Gasteiger partial charge is 0.338 e. The van der Waals surface area contributed by atoms with Gasteiger partial charge in [-0.3, -0.25) is 4.55 Å². The van der Waals surface area contributed by atoms with Gasteiger partial charge in [0.05, 0.1) is 11.1 Å². The molecule has 0 aliphatic heterocycles. The van der Waals surface area contributed by atoms with Crippen molar-refractivity contribution in [2.24, 2.45) is 0 Å². The minimum Gasteiger partial charge on any atom is -0.478 e. The first-order chi connectivity index (χ1) is 9.04. The molecule has 0 atom stereocenters. The Balaban J connectivity index is 2.83. The summed E-state index contributed by atoms with van der Waals surface area (Å²) in [6.45, 7) is -1.44. The van der Waals surface area contributed by atoms with Gasteiger partial charge in [-0.1, -0.05) is 6.07 Å². The zero-order valence-electron chi connectivity index (χ0n) is 9.75. The molecule has 1 aromatic carbocycles. The molecular weight excluding hydrogens is 296 g/mol. The summed E-state index contributed by atoms with van der Waals surface area (Å²) in [6, 6.07) is 4.58. The van der Waals surface area contributed by atoms with Crippen LogP contribution in [0.5, 0.6) is 0 Å². The minimum atomic E-state index is -5.26. The van der Waals surface area contributed by atoms with E-state index in [-0.39, 0.29) is 11.1 Å². The highest BCUT2D eigenvalue weighted by Gasteiger charge is 2.40. The maximum absolute atomic E-state index is 11.5. The highest BCUT2D eigenvalue weighted by atomic mass is 32.2. The standard InChI is InChI=1S/C10H10O9S/c11-8(12)6-2-1-3-7(4-6)9(13)19-5-10(14,15)20(16,17)18/h1-4,14-15H,5H2,(H,11,12)(H,16,17,18). The van der Waals surface area contributed by atoms with Crippen LogP contribution in [0.1, 0.15) is 20.7 Å². The molecule has 0 fully saturated rings. The molecule has 0 saturated carbocycles. The van der Waals surface area contributed by atoms with E-state index in [1.165, 1.54) is 18.2 Å². The highest BCUT2D eigenvalue weighted by Crippen LogP contribution is 2.12. The number of hydrogen-bond acceptors (Lipinski definition) is 7. The Bertz CT molecular complexity index is 632. The summed E-state index contributed by atoms with van der Waals surface area (Å²) in [5.74, 6) is -2.49. The molecule has 0 aromatic heterocycles. The molecule has 0 bridgehead atoms. The lowest BCUT2D eigenvalue weighted by molar-refractivity contribution is -0.124. The monoisotopic (exact) mass is 306 g/mol. The predicted molar refractivity (Wildman–Crippen MR) is 62.4 cm³/mol. The zero-order valence-corrected chi connectivity index (χ0v) is 10.6. The summed E-state index contributed by atoms with van der Waals surface area (Å²) in [7, 11) is -5.26. The van der Waals surface area contributed by atoms with Crippen molar-refractivity contribution >= 4 is 22.1 Å². The maximum Gasteiger partial charge on any atom is 0.338 e. The van der Waals surface area contributed by atoms with Gasteiger partial charge in [0.2, 0.25) is 0 Å². The van der Waals surface area contributed by atoms with Gasteiger partial charge in [-0.05, 0) is 18.2 Å². The molecule has 0 unspecified atom stereocenters. The fourth-order valence-corrected chi connectivity index (χ4v) is 1.30. The van der Waals surface area contributed by atoms with E-state index in [0.717, 1.165) is 6.07 Å². The molecule has 0 heterocycles. The normalized spacial score (nSPS) is 11.9. The van der Waals surface area contributed by atoms with Crippen molar-refractivity contribution in [1.29, 1.82) is 0 Å². The van der Waals surface area contributed by atoms with Crippen LogP contribution in [0.3, 0.4) is 0 Å². The lowest BCUT2D eigenvalue weighted by atomic mass is 10.1. The van der Waals surface area contributed by atoms with E-state index < -0.39 is 33.8 Å². The predicted octanol–water partition coefficient (Wildman–Crippen LogP) is -0.932. The minimum absolute atomic E-state index is 0.214.